The van der Waals surface area contributed by atoms with Crippen LogP contribution in [0.25, 0.3) is 0 Å². The number of hydrogen-bond acceptors (Lipinski definition) is 3. The molecular weight excluding hydrogens is 268 g/mol. The van der Waals surface area contributed by atoms with E-state index in [4.69, 9.17) is 0 Å². The molecule has 0 bridgehead atoms. The van der Waals surface area contributed by atoms with Gasteiger partial charge in [-0.15, -0.1) is 0 Å². The van der Waals surface area contributed by atoms with Gasteiger partial charge in [0.1, 0.15) is 5.54 Å². The molecule has 0 spiro atoms. The summed E-state index contributed by atoms with van der Waals surface area (Å²) in [7, 11) is 0. The van der Waals surface area contributed by atoms with Gasteiger partial charge in [0.2, 0.25) is 5.91 Å². The predicted octanol–water partition coefficient (Wildman–Crippen LogP) is 1.34. The summed E-state index contributed by atoms with van der Waals surface area (Å²) in [6.45, 7) is 3.51. The lowest BCUT2D eigenvalue weighted by molar-refractivity contribution is -0.155. The van der Waals surface area contributed by atoms with Crippen molar-refractivity contribution in [1.82, 2.24) is 10.2 Å². The smallest absolute Gasteiger partial charge is 0.329 e. The number of rotatable bonds is 2. The van der Waals surface area contributed by atoms with E-state index in [1.807, 2.05) is 24.3 Å². The minimum Gasteiger partial charge on any atom is -0.480 e. The molecular formula is C16H20N2O3. The fraction of sp³-hybridized carbons (Fsp3) is 0.500. The predicted molar refractivity (Wildman–Crippen MR) is 77.9 cm³/mol. The number of benzene rings is 1. The van der Waals surface area contributed by atoms with Crippen LogP contribution in [0.3, 0.4) is 0 Å². The summed E-state index contributed by atoms with van der Waals surface area (Å²) < 4.78 is 0. The first-order valence-corrected chi connectivity index (χ1v) is 7.37. The maximum absolute atomic E-state index is 12.9. The van der Waals surface area contributed by atoms with Crippen molar-refractivity contribution in [2.24, 2.45) is 0 Å². The molecule has 0 radical (unpaired) electrons. The molecule has 5 heteroatoms. The first-order valence-electron chi connectivity index (χ1n) is 7.37. The Bertz CT molecular complexity index is 587. The van der Waals surface area contributed by atoms with Crippen molar-refractivity contribution in [3.63, 3.8) is 0 Å². The lowest BCUT2D eigenvalue weighted by atomic mass is 9.88. The van der Waals surface area contributed by atoms with Crippen molar-refractivity contribution in [2.45, 2.75) is 37.8 Å². The van der Waals surface area contributed by atoms with Crippen LogP contribution in [-0.2, 0) is 16.1 Å². The maximum Gasteiger partial charge on any atom is 0.329 e. The highest BCUT2D eigenvalue weighted by Gasteiger charge is 2.47. The molecule has 2 aliphatic heterocycles. The average molecular weight is 288 g/mol. The van der Waals surface area contributed by atoms with Crippen molar-refractivity contribution in [1.29, 1.82) is 0 Å². The third-order valence-electron chi connectivity index (χ3n) is 4.76. The molecule has 1 amide bonds. The number of likely N-dealkylation sites (tertiary alicyclic amines) is 1. The summed E-state index contributed by atoms with van der Waals surface area (Å²) in [5.74, 6) is -1.27. The van der Waals surface area contributed by atoms with Crippen LogP contribution in [0, 0.1) is 0 Å². The van der Waals surface area contributed by atoms with Gasteiger partial charge in [-0.05, 0) is 30.9 Å². The van der Waals surface area contributed by atoms with Crippen molar-refractivity contribution in [3.05, 3.63) is 35.4 Å². The Balaban J connectivity index is 1.92. The van der Waals surface area contributed by atoms with Crippen molar-refractivity contribution in [3.8, 4) is 0 Å². The number of hydrogen-bond donors (Lipinski definition) is 2. The molecule has 1 aromatic rings. The van der Waals surface area contributed by atoms with E-state index in [-0.39, 0.29) is 11.8 Å². The number of fused-ring (bicyclic) bond motifs is 1. The summed E-state index contributed by atoms with van der Waals surface area (Å²) in [4.78, 5) is 26.0. The van der Waals surface area contributed by atoms with Crippen molar-refractivity contribution in [2.75, 3.05) is 13.1 Å². The highest BCUT2D eigenvalue weighted by Crippen LogP contribution is 2.34. The fourth-order valence-electron chi connectivity index (χ4n) is 3.44. The van der Waals surface area contributed by atoms with Crippen molar-refractivity contribution < 1.29 is 14.7 Å². The summed E-state index contributed by atoms with van der Waals surface area (Å²) in [6.07, 6.45) is 1.27. The Kier molecular flexibility index (Phi) is 3.45. The van der Waals surface area contributed by atoms with Crippen LogP contribution in [0.4, 0.5) is 0 Å². The number of nitrogens with one attached hydrogen (secondary N) is 1. The Morgan fingerprint density at radius 3 is 2.90 bits per heavy atom. The maximum atomic E-state index is 12.9. The third kappa shape index (κ3) is 2.21. The van der Waals surface area contributed by atoms with Gasteiger partial charge in [-0.25, -0.2) is 4.79 Å². The van der Waals surface area contributed by atoms with E-state index in [9.17, 15) is 14.7 Å². The monoisotopic (exact) mass is 288 g/mol. The number of aliphatic carboxylic acids is 1. The summed E-state index contributed by atoms with van der Waals surface area (Å²) >= 11 is 0. The SMILES string of the molecule is CC1(C(=O)O)CCCN1C(=O)C1CNCc2ccccc21. The largest absolute Gasteiger partial charge is 0.480 e. The first kappa shape index (κ1) is 14.1. The standard InChI is InChI=1S/C16H20N2O3/c1-16(15(20)21)7-4-8-18(16)14(19)13-10-17-9-11-5-2-3-6-12(11)13/h2-3,5-6,13,17H,4,7-10H2,1H3,(H,20,21). The second-order valence-corrected chi connectivity index (χ2v) is 6.05. The topological polar surface area (TPSA) is 69.6 Å². The zero-order valence-corrected chi connectivity index (χ0v) is 12.1. The van der Waals surface area contributed by atoms with E-state index in [1.165, 1.54) is 0 Å². The molecule has 112 valence electrons. The number of nitrogens with zero attached hydrogens (tertiary/aromatic N) is 1. The van der Waals surface area contributed by atoms with Crippen LogP contribution in [0.2, 0.25) is 0 Å². The van der Waals surface area contributed by atoms with Crippen LogP contribution < -0.4 is 5.32 Å². The zero-order chi connectivity index (χ0) is 15.0. The zero-order valence-electron chi connectivity index (χ0n) is 12.1. The average Bonchev–Trinajstić information content (AvgIpc) is 2.89. The summed E-state index contributed by atoms with van der Waals surface area (Å²) in [5, 5.41) is 12.7. The lowest BCUT2D eigenvalue weighted by Gasteiger charge is -2.36. The molecule has 2 N–H and O–H groups in total. The number of amides is 1. The second kappa shape index (κ2) is 5.15. The molecule has 21 heavy (non-hydrogen) atoms. The van der Waals surface area contributed by atoms with Gasteiger partial charge >= 0.3 is 5.97 Å². The van der Waals surface area contributed by atoms with Crippen molar-refractivity contribution >= 4 is 11.9 Å². The van der Waals surface area contributed by atoms with Crippen LogP contribution >= 0.6 is 0 Å². The molecule has 0 aromatic heterocycles. The number of carbonyl (C=O) groups excluding carboxylic acids is 1. The minimum absolute atomic E-state index is 0.0722. The number of carbonyl (C=O) groups is 2. The Morgan fingerprint density at radius 1 is 1.38 bits per heavy atom. The normalized spacial score (nSPS) is 28.2. The molecule has 1 saturated heterocycles. The Hall–Kier alpha value is -1.88. The lowest BCUT2D eigenvalue weighted by Crippen LogP contribution is -2.53. The van der Waals surface area contributed by atoms with E-state index in [0.29, 0.717) is 19.5 Å². The van der Waals surface area contributed by atoms with Crippen LogP contribution in [0.1, 0.15) is 36.8 Å². The molecule has 1 fully saturated rings. The molecule has 2 aliphatic rings. The highest BCUT2D eigenvalue weighted by molar-refractivity contribution is 5.91. The first-order chi connectivity index (χ1) is 10.0. The van der Waals surface area contributed by atoms with Crippen LogP contribution in [0.15, 0.2) is 24.3 Å². The van der Waals surface area contributed by atoms with Gasteiger partial charge in [0.15, 0.2) is 0 Å². The van der Waals surface area contributed by atoms with Gasteiger partial charge in [-0.1, -0.05) is 24.3 Å². The van der Waals surface area contributed by atoms with E-state index >= 15 is 0 Å². The quantitative estimate of drug-likeness (QED) is 0.861. The van der Waals surface area contributed by atoms with E-state index in [0.717, 1.165) is 24.1 Å². The van der Waals surface area contributed by atoms with E-state index in [2.05, 4.69) is 5.32 Å². The van der Waals surface area contributed by atoms with Crippen LogP contribution in [0.5, 0.6) is 0 Å². The summed E-state index contributed by atoms with van der Waals surface area (Å²) in [6, 6.07) is 7.89. The Labute approximate surface area is 123 Å². The molecule has 1 aromatic carbocycles. The van der Waals surface area contributed by atoms with Gasteiger partial charge < -0.3 is 15.3 Å². The molecule has 2 heterocycles. The van der Waals surface area contributed by atoms with Gasteiger partial charge in [0, 0.05) is 19.6 Å². The number of carboxylic acids is 1. The minimum atomic E-state index is -1.07. The Morgan fingerprint density at radius 2 is 2.14 bits per heavy atom. The molecule has 5 nitrogen and oxygen atoms in total. The second-order valence-electron chi connectivity index (χ2n) is 6.05. The molecule has 2 unspecified atom stereocenters. The van der Waals surface area contributed by atoms with Gasteiger partial charge in [0.25, 0.3) is 0 Å². The summed E-state index contributed by atoms with van der Waals surface area (Å²) in [5.41, 5.74) is 1.09. The van der Waals surface area contributed by atoms with E-state index in [1.54, 1.807) is 11.8 Å². The highest BCUT2D eigenvalue weighted by atomic mass is 16.4. The van der Waals surface area contributed by atoms with Gasteiger partial charge in [-0.3, -0.25) is 4.79 Å². The fourth-order valence-corrected chi connectivity index (χ4v) is 3.44. The molecule has 0 aliphatic carbocycles. The molecule has 0 saturated carbocycles. The molecule has 3 rings (SSSR count). The number of carboxylic acid groups (broad SMARTS) is 1. The van der Waals surface area contributed by atoms with Crippen LogP contribution in [-0.4, -0.2) is 40.5 Å². The molecule has 2 atom stereocenters. The third-order valence-corrected chi connectivity index (χ3v) is 4.76. The van der Waals surface area contributed by atoms with Gasteiger partial charge in [-0.2, -0.15) is 0 Å². The van der Waals surface area contributed by atoms with Gasteiger partial charge in [0.05, 0.1) is 5.92 Å². The van der Waals surface area contributed by atoms with E-state index < -0.39 is 11.5 Å².